The van der Waals surface area contributed by atoms with Crippen molar-refractivity contribution in [2.45, 2.75) is 57.3 Å². The summed E-state index contributed by atoms with van der Waals surface area (Å²) >= 11 is 1.90. The van der Waals surface area contributed by atoms with Gasteiger partial charge in [0.25, 0.3) is 0 Å². The molecular formula is C13H25NO2S. The van der Waals surface area contributed by atoms with Gasteiger partial charge >= 0.3 is 0 Å². The number of thioether (sulfide) groups is 1. The molecule has 1 rings (SSSR count). The third-order valence-electron chi connectivity index (χ3n) is 2.82. The highest BCUT2D eigenvalue weighted by molar-refractivity contribution is 8.00. The molecule has 0 aromatic heterocycles. The quantitative estimate of drug-likeness (QED) is 0.787. The molecule has 17 heavy (non-hydrogen) atoms. The van der Waals surface area contributed by atoms with Crippen molar-refractivity contribution in [1.29, 1.82) is 0 Å². The molecular weight excluding hydrogens is 234 g/mol. The molecule has 4 heteroatoms. The maximum atomic E-state index is 11.9. The SMILES string of the molecule is CC(C)(C)SCCCC(=O)N1CCCC(O)C1. The minimum atomic E-state index is -0.309. The summed E-state index contributed by atoms with van der Waals surface area (Å²) in [5.74, 6) is 1.24. The molecule has 1 aliphatic rings. The lowest BCUT2D eigenvalue weighted by Crippen LogP contribution is -2.42. The van der Waals surface area contributed by atoms with E-state index in [0.717, 1.165) is 31.6 Å². The Hall–Kier alpha value is -0.220. The summed E-state index contributed by atoms with van der Waals surface area (Å²) in [6.07, 6.45) is 3.02. The van der Waals surface area contributed by atoms with Crippen LogP contribution in [-0.4, -0.2) is 45.6 Å². The molecule has 100 valence electrons. The molecule has 0 aromatic carbocycles. The second kappa shape index (κ2) is 6.64. The average molecular weight is 259 g/mol. The molecule has 1 N–H and O–H groups in total. The number of carbonyl (C=O) groups excluding carboxylic acids is 1. The zero-order valence-corrected chi connectivity index (χ0v) is 12.1. The fourth-order valence-corrected chi connectivity index (χ4v) is 2.84. The van der Waals surface area contributed by atoms with E-state index in [1.54, 1.807) is 0 Å². The van der Waals surface area contributed by atoms with Gasteiger partial charge in [0.15, 0.2) is 0 Å². The zero-order chi connectivity index (χ0) is 12.9. The number of aliphatic hydroxyl groups excluding tert-OH is 1. The highest BCUT2D eigenvalue weighted by Gasteiger charge is 2.21. The van der Waals surface area contributed by atoms with Crippen LogP contribution in [0.1, 0.15) is 46.5 Å². The topological polar surface area (TPSA) is 40.5 Å². The van der Waals surface area contributed by atoms with E-state index in [0.29, 0.717) is 13.0 Å². The number of β-amino-alcohol motifs (C(OH)–C–C–N with tert-alkyl or cyclic N) is 1. The van der Waals surface area contributed by atoms with Crippen LogP contribution in [0.25, 0.3) is 0 Å². The summed E-state index contributed by atoms with van der Waals surface area (Å²) in [6, 6.07) is 0. The largest absolute Gasteiger partial charge is 0.391 e. The maximum absolute atomic E-state index is 11.9. The monoisotopic (exact) mass is 259 g/mol. The van der Waals surface area contributed by atoms with E-state index in [-0.39, 0.29) is 16.8 Å². The van der Waals surface area contributed by atoms with Crippen molar-refractivity contribution >= 4 is 17.7 Å². The summed E-state index contributed by atoms with van der Waals surface area (Å²) in [4.78, 5) is 13.7. The first-order chi connectivity index (χ1) is 7.88. The summed E-state index contributed by atoms with van der Waals surface area (Å²) in [7, 11) is 0. The minimum Gasteiger partial charge on any atom is -0.391 e. The van der Waals surface area contributed by atoms with Gasteiger partial charge in [-0.2, -0.15) is 11.8 Å². The normalized spacial score (nSPS) is 21.6. The van der Waals surface area contributed by atoms with Gasteiger partial charge in [0.05, 0.1) is 6.10 Å². The second-order valence-electron chi connectivity index (χ2n) is 5.70. The van der Waals surface area contributed by atoms with E-state index >= 15 is 0 Å². The molecule has 0 radical (unpaired) electrons. The van der Waals surface area contributed by atoms with Crippen LogP contribution >= 0.6 is 11.8 Å². The Morgan fingerprint density at radius 2 is 2.18 bits per heavy atom. The first-order valence-electron chi connectivity index (χ1n) is 6.48. The van der Waals surface area contributed by atoms with Gasteiger partial charge in [0.2, 0.25) is 5.91 Å². The number of amides is 1. The van der Waals surface area contributed by atoms with Crippen LogP contribution in [-0.2, 0) is 4.79 Å². The number of aliphatic hydroxyl groups is 1. The van der Waals surface area contributed by atoms with Crippen LogP contribution in [0.15, 0.2) is 0 Å². The number of nitrogens with zero attached hydrogens (tertiary/aromatic N) is 1. The van der Waals surface area contributed by atoms with Crippen molar-refractivity contribution < 1.29 is 9.90 Å². The predicted molar refractivity (Wildman–Crippen MR) is 73.3 cm³/mol. The number of likely N-dealkylation sites (tertiary alicyclic amines) is 1. The number of hydrogen-bond donors (Lipinski definition) is 1. The van der Waals surface area contributed by atoms with Crippen LogP contribution in [0.5, 0.6) is 0 Å². The van der Waals surface area contributed by atoms with Gasteiger partial charge in [-0.3, -0.25) is 4.79 Å². The molecule has 3 nitrogen and oxygen atoms in total. The van der Waals surface area contributed by atoms with Crippen LogP contribution in [0.3, 0.4) is 0 Å². The Morgan fingerprint density at radius 3 is 2.76 bits per heavy atom. The molecule has 1 amide bonds. The molecule has 1 unspecified atom stereocenters. The number of piperidine rings is 1. The first-order valence-corrected chi connectivity index (χ1v) is 7.47. The molecule has 0 saturated carbocycles. The van der Waals surface area contributed by atoms with Gasteiger partial charge < -0.3 is 10.0 Å². The fraction of sp³-hybridized carbons (Fsp3) is 0.923. The smallest absolute Gasteiger partial charge is 0.222 e. The molecule has 1 saturated heterocycles. The molecule has 1 aliphatic heterocycles. The Labute approximate surface area is 109 Å². The second-order valence-corrected chi connectivity index (χ2v) is 7.62. The highest BCUT2D eigenvalue weighted by Crippen LogP contribution is 2.24. The molecule has 0 bridgehead atoms. The number of hydrogen-bond acceptors (Lipinski definition) is 3. The van der Waals surface area contributed by atoms with Gasteiger partial charge in [-0.05, 0) is 25.0 Å². The van der Waals surface area contributed by atoms with E-state index in [4.69, 9.17) is 0 Å². The van der Waals surface area contributed by atoms with Gasteiger partial charge in [0, 0.05) is 24.3 Å². The van der Waals surface area contributed by atoms with Crippen molar-refractivity contribution in [3.8, 4) is 0 Å². The van der Waals surface area contributed by atoms with Gasteiger partial charge in [-0.1, -0.05) is 20.8 Å². The van der Waals surface area contributed by atoms with Crippen LogP contribution in [0.2, 0.25) is 0 Å². The summed E-state index contributed by atoms with van der Waals surface area (Å²) in [5, 5.41) is 9.51. The Morgan fingerprint density at radius 1 is 1.47 bits per heavy atom. The molecule has 1 atom stereocenters. The van der Waals surface area contributed by atoms with Gasteiger partial charge in [-0.25, -0.2) is 0 Å². The van der Waals surface area contributed by atoms with Gasteiger partial charge in [-0.15, -0.1) is 0 Å². The van der Waals surface area contributed by atoms with E-state index in [1.807, 2.05) is 16.7 Å². The van der Waals surface area contributed by atoms with Crippen LogP contribution in [0, 0.1) is 0 Å². The third kappa shape index (κ3) is 6.32. The Bertz CT molecular complexity index is 250. The zero-order valence-electron chi connectivity index (χ0n) is 11.2. The lowest BCUT2D eigenvalue weighted by atomic mass is 10.1. The summed E-state index contributed by atoms with van der Waals surface area (Å²) in [6.45, 7) is 7.94. The van der Waals surface area contributed by atoms with Crippen LogP contribution in [0.4, 0.5) is 0 Å². The fourth-order valence-electron chi connectivity index (χ4n) is 1.94. The van der Waals surface area contributed by atoms with E-state index in [9.17, 15) is 9.90 Å². The third-order valence-corrected chi connectivity index (χ3v) is 4.18. The number of carbonyl (C=O) groups is 1. The Balaban J connectivity index is 2.16. The minimum absolute atomic E-state index is 0.207. The van der Waals surface area contributed by atoms with Crippen molar-refractivity contribution in [3.05, 3.63) is 0 Å². The highest BCUT2D eigenvalue weighted by atomic mass is 32.2. The maximum Gasteiger partial charge on any atom is 0.222 e. The molecule has 0 aromatic rings. The molecule has 1 heterocycles. The molecule has 1 fully saturated rings. The van der Waals surface area contributed by atoms with Crippen molar-refractivity contribution in [3.63, 3.8) is 0 Å². The van der Waals surface area contributed by atoms with Crippen molar-refractivity contribution in [2.24, 2.45) is 0 Å². The Kier molecular flexibility index (Phi) is 5.80. The van der Waals surface area contributed by atoms with E-state index < -0.39 is 0 Å². The van der Waals surface area contributed by atoms with E-state index in [1.165, 1.54) is 0 Å². The summed E-state index contributed by atoms with van der Waals surface area (Å²) in [5.41, 5.74) is 0. The standard InChI is InChI=1S/C13H25NO2S/c1-13(2,3)17-9-5-7-12(16)14-8-4-6-11(15)10-14/h11,15H,4-10H2,1-3H3. The number of rotatable bonds is 4. The van der Waals surface area contributed by atoms with Gasteiger partial charge in [0.1, 0.15) is 0 Å². The average Bonchev–Trinajstić information content (AvgIpc) is 2.23. The summed E-state index contributed by atoms with van der Waals surface area (Å²) < 4.78 is 0.282. The predicted octanol–water partition coefficient (Wildman–Crippen LogP) is 2.28. The van der Waals surface area contributed by atoms with E-state index in [2.05, 4.69) is 20.8 Å². The van der Waals surface area contributed by atoms with Crippen LogP contribution < -0.4 is 0 Å². The first kappa shape index (κ1) is 14.8. The molecule has 0 aliphatic carbocycles. The van der Waals surface area contributed by atoms with Crippen molar-refractivity contribution in [2.75, 3.05) is 18.8 Å². The lowest BCUT2D eigenvalue weighted by Gasteiger charge is -2.30. The van der Waals surface area contributed by atoms with Crippen molar-refractivity contribution in [1.82, 2.24) is 4.90 Å². The molecule has 0 spiro atoms. The lowest BCUT2D eigenvalue weighted by molar-refractivity contribution is -0.134.